The molecule has 2 aliphatic rings. The van der Waals surface area contributed by atoms with E-state index in [1.165, 1.54) is 5.56 Å². The fourth-order valence-corrected chi connectivity index (χ4v) is 8.13. The molecule has 6 rings (SSSR count). The average Bonchev–Trinajstić information content (AvgIpc) is 3.55. The number of nitrogens with zero attached hydrogens (tertiary/aromatic N) is 6. The molecule has 0 saturated carbocycles. The molecule has 1 saturated heterocycles. The maximum absolute atomic E-state index is 13.2. The summed E-state index contributed by atoms with van der Waals surface area (Å²) in [6.07, 6.45) is 10.2. The molecule has 0 radical (unpaired) electrons. The molecular weight excluding hydrogens is 576 g/mol. The van der Waals surface area contributed by atoms with Crippen LogP contribution < -0.4 is 14.9 Å². The lowest BCUT2D eigenvalue weighted by Gasteiger charge is -2.44. The van der Waals surface area contributed by atoms with E-state index in [9.17, 15) is 4.55 Å². The molecule has 216 valence electrons. The summed E-state index contributed by atoms with van der Waals surface area (Å²) >= 11 is 6.99. The van der Waals surface area contributed by atoms with Crippen LogP contribution in [0.25, 0.3) is 5.65 Å². The minimum atomic E-state index is -1.18. The molecule has 0 bridgehead atoms. The van der Waals surface area contributed by atoms with Gasteiger partial charge in [0.1, 0.15) is 10.6 Å². The Bertz CT molecular complexity index is 1580. The minimum Gasteiger partial charge on any atom is -0.598 e. The molecule has 1 aliphatic heterocycles. The molecule has 2 N–H and O–H groups in total. The molecule has 4 aromatic heterocycles. The summed E-state index contributed by atoms with van der Waals surface area (Å²) in [4.78, 5) is 23.1. The summed E-state index contributed by atoms with van der Waals surface area (Å²) in [5, 5.41) is 3.62. The largest absolute Gasteiger partial charge is 0.598 e. The van der Waals surface area contributed by atoms with Gasteiger partial charge in [-0.05, 0) is 64.7 Å². The highest BCUT2D eigenvalue weighted by Gasteiger charge is 2.51. The molecule has 1 fully saturated rings. The van der Waals surface area contributed by atoms with Gasteiger partial charge in [0.25, 0.3) is 0 Å². The Labute approximate surface area is 253 Å². The van der Waals surface area contributed by atoms with E-state index in [2.05, 4.69) is 30.4 Å². The number of hydrogen-bond acceptors (Lipinski definition) is 9. The third kappa shape index (κ3) is 5.16. The molecule has 41 heavy (non-hydrogen) atoms. The van der Waals surface area contributed by atoms with Crippen molar-refractivity contribution in [3.8, 4) is 0 Å². The SMILES string of the molecule is CNc1nccc(Sc2c(C)nc(N3CCC4(CC3)Cc3ncccc3[C@H]4N[S@@+]([O-])C(C)(C)C)n3ccnc23)c1Cl. The summed E-state index contributed by atoms with van der Waals surface area (Å²) in [6, 6.07) is 6.05. The third-order valence-electron chi connectivity index (χ3n) is 8.15. The van der Waals surface area contributed by atoms with Crippen molar-refractivity contribution in [2.45, 2.75) is 67.5 Å². The number of nitrogens with one attached hydrogen (secondary N) is 2. The first-order chi connectivity index (χ1) is 19.6. The lowest BCUT2D eigenvalue weighted by atomic mass is 9.73. The summed E-state index contributed by atoms with van der Waals surface area (Å²) in [5.74, 6) is 1.53. The molecule has 1 spiro atoms. The predicted octanol–water partition coefficient (Wildman–Crippen LogP) is 5.61. The highest BCUT2D eigenvalue weighted by atomic mass is 35.5. The summed E-state index contributed by atoms with van der Waals surface area (Å²) in [7, 11) is 1.81. The van der Waals surface area contributed by atoms with Crippen LogP contribution in [0.3, 0.4) is 0 Å². The van der Waals surface area contributed by atoms with Gasteiger partial charge in [-0.3, -0.25) is 9.38 Å². The van der Waals surface area contributed by atoms with Crippen LogP contribution >= 0.6 is 23.4 Å². The number of hydrogen-bond donors (Lipinski definition) is 2. The van der Waals surface area contributed by atoms with E-state index in [1.807, 2.05) is 65.5 Å². The van der Waals surface area contributed by atoms with E-state index >= 15 is 0 Å². The van der Waals surface area contributed by atoms with E-state index in [0.29, 0.717) is 10.8 Å². The van der Waals surface area contributed by atoms with Crippen LogP contribution in [-0.2, 0) is 17.8 Å². The van der Waals surface area contributed by atoms with Crippen molar-refractivity contribution < 1.29 is 4.55 Å². The number of piperidine rings is 1. The van der Waals surface area contributed by atoms with Crippen LogP contribution in [0.1, 0.15) is 56.6 Å². The third-order valence-corrected chi connectivity index (χ3v) is 11.4. The summed E-state index contributed by atoms with van der Waals surface area (Å²) < 4.78 is 18.5. The van der Waals surface area contributed by atoms with E-state index in [4.69, 9.17) is 26.6 Å². The average molecular weight is 611 g/mol. The fourth-order valence-electron chi connectivity index (χ4n) is 5.90. The molecule has 2 atom stereocenters. The monoisotopic (exact) mass is 610 g/mol. The molecule has 0 unspecified atom stereocenters. The van der Waals surface area contributed by atoms with Crippen LogP contribution in [-0.4, -0.2) is 53.8 Å². The maximum Gasteiger partial charge on any atom is 0.211 e. The van der Waals surface area contributed by atoms with Crippen molar-refractivity contribution in [3.63, 3.8) is 0 Å². The number of imidazole rings is 1. The molecule has 0 aromatic carbocycles. The van der Waals surface area contributed by atoms with E-state index < -0.39 is 11.4 Å². The molecule has 4 aromatic rings. The van der Waals surface area contributed by atoms with Gasteiger partial charge in [0.2, 0.25) is 5.95 Å². The van der Waals surface area contributed by atoms with Crippen LogP contribution in [0.15, 0.2) is 52.8 Å². The van der Waals surface area contributed by atoms with Crippen molar-refractivity contribution in [2.75, 3.05) is 30.4 Å². The first-order valence-corrected chi connectivity index (χ1v) is 16.2. The molecule has 0 amide bonds. The van der Waals surface area contributed by atoms with E-state index in [1.54, 1.807) is 18.0 Å². The Morgan fingerprint density at radius 1 is 1.12 bits per heavy atom. The van der Waals surface area contributed by atoms with Gasteiger partial charge >= 0.3 is 0 Å². The highest BCUT2D eigenvalue weighted by Crippen LogP contribution is 2.52. The number of pyridine rings is 2. The summed E-state index contributed by atoms with van der Waals surface area (Å²) in [6.45, 7) is 9.74. The maximum atomic E-state index is 13.2. The lowest BCUT2D eigenvalue weighted by molar-refractivity contribution is 0.175. The van der Waals surface area contributed by atoms with Gasteiger partial charge in [-0.15, -0.1) is 4.72 Å². The van der Waals surface area contributed by atoms with Gasteiger partial charge in [0.15, 0.2) is 5.65 Å². The Hall–Kier alpha value is -2.57. The molecule has 1 aliphatic carbocycles. The smallest absolute Gasteiger partial charge is 0.211 e. The molecule has 9 nitrogen and oxygen atoms in total. The summed E-state index contributed by atoms with van der Waals surface area (Å²) in [5.41, 5.74) is 4.01. The van der Waals surface area contributed by atoms with Gasteiger partial charge in [-0.1, -0.05) is 29.4 Å². The first-order valence-electron chi connectivity index (χ1n) is 13.8. The number of aromatic nitrogens is 5. The van der Waals surface area contributed by atoms with Gasteiger partial charge < -0.3 is 14.8 Å². The van der Waals surface area contributed by atoms with Crippen molar-refractivity contribution in [1.82, 2.24) is 29.1 Å². The van der Waals surface area contributed by atoms with Gasteiger partial charge in [-0.25, -0.2) is 15.0 Å². The quantitative estimate of drug-likeness (QED) is 0.269. The second-order valence-corrected chi connectivity index (χ2v) is 15.2. The van der Waals surface area contributed by atoms with Gasteiger partial charge in [0, 0.05) is 72.3 Å². The van der Waals surface area contributed by atoms with Crippen molar-refractivity contribution in [1.29, 1.82) is 0 Å². The van der Waals surface area contributed by atoms with Gasteiger partial charge in [0.05, 0.1) is 21.7 Å². The minimum absolute atomic E-state index is 0.00255. The highest BCUT2D eigenvalue weighted by molar-refractivity contribution is 7.99. The first kappa shape index (κ1) is 28.5. The second-order valence-electron chi connectivity index (χ2n) is 11.8. The number of anilines is 2. The Morgan fingerprint density at radius 2 is 1.90 bits per heavy atom. The Morgan fingerprint density at radius 3 is 2.63 bits per heavy atom. The Kier molecular flexibility index (Phi) is 7.61. The van der Waals surface area contributed by atoms with Gasteiger partial charge in [-0.2, -0.15) is 0 Å². The van der Waals surface area contributed by atoms with Crippen LogP contribution in [0, 0.1) is 12.3 Å². The lowest BCUT2D eigenvalue weighted by Crippen LogP contribution is -2.50. The number of fused-ring (bicyclic) bond motifs is 2. The molecule has 12 heteroatoms. The molecular formula is C29H35ClN8OS2. The number of aryl methyl sites for hydroxylation is 1. The zero-order valence-corrected chi connectivity index (χ0v) is 26.3. The number of halogens is 1. The normalized spacial score (nSPS) is 19.1. The standard InChI is InChI=1S/C29H35ClN8OS2/c1-18-23(40-21-8-12-33-25(31-5)22(21)30)26-34-13-16-38(26)27(35-18)37-14-9-29(10-15-37)17-20-19(7-6-11-32-20)24(29)36-41(39)28(2,3)4/h6-8,11-13,16,24,36H,9-10,14-15,17H2,1-5H3,(H,31,33)/t24-,41+/m1/s1. The second kappa shape index (κ2) is 10.9. The molecule has 5 heterocycles. The Balaban J connectivity index is 1.28. The number of rotatable bonds is 6. The van der Waals surface area contributed by atoms with Crippen molar-refractivity contribution in [2.24, 2.45) is 5.41 Å². The van der Waals surface area contributed by atoms with Crippen LogP contribution in [0.4, 0.5) is 11.8 Å². The van der Waals surface area contributed by atoms with Crippen LogP contribution in [0.2, 0.25) is 5.02 Å². The van der Waals surface area contributed by atoms with E-state index in [0.717, 1.165) is 65.1 Å². The zero-order valence-electron chi connectivity index (χ0n) is 23.9. The topological polar surface area (TPSA) is 106 Å². The van der Waals surface area contributed by atoms with Crippen LogP contribution in [0.5, 0.6) is 0 Å². The van der Waals surface area contributed by atoms with E-state index in [-0.39, 0.29) is 16.2 Å². The zero-order chi connectivity index (χ0) is 28.9. The van der Waals surface area contributed by atoms with Crippen molar-refractivity contribution in [3.05, 3.63) is 65.0 Å². The fraction of sp³-hybridized carbons (Fsp3) is 0.448. The van der Waals surface area contributed by atoms with Crippen molar-refractivity contribution >= 4 is 52.1 Å². The predicted molar refractivity (Wildman–Crippen MR) is 166 cm³/mol.